The summed E-state index contributed by atoms with van der Waals surface area (Å²) in [5, 5.41) is 11.5. The highest BCUT2D eigenvalue weighted by atomic mass is 79.9. The first kappa shape index (κ1) is 16.7. The molecule has 0 spiro atoms. The Kier molecular flexibility index (Phi) is 5.94. The number of benzene rings is 1. The molecule has 2 atom stereocenters. The van der Waals surface area contributed by atoms with Crippen molar-refractivity contribution >= 4 is 66.4 Å². The second-order valence-corrected chi connectivity index (χ2v) is 8.30. The van der Waals surface area contributed by atoms with Crippen LogP contribution in [0.25, 0.3) is 0 Å². The minimum absolute atomic E-state index is 0.234. The quantitative estimate of drug-likeness (QED) is 0.646. The highest BCUT2D eigenvalue weighted by Gasteiger charge is 2.24. The van der Waals surface area contributed by atoms with Crippen molar-refractivity contribution in [1.82, 2.24) is 0 Å². The maximum atomic E-state index is 10.5. The van der Waals surface area contributed by atoms with Gasteiger partial charge in [-0.3, -0.25) is 0 Å². The molecule has 0 aliphatic rings. The maximum absolute atomic E-state index is 10.5. The molecule has 0 fully saturated rings. The van der Waals surface area contributed by atoms with Gasteiger partial charge in [-0.05, 0) is 55.6 Å². The van der Waals surface area contributed by atoms with Gasteiger partial charge in [-0.15, -0.1) is 11.3 Å². The fourth-order valence-corrected chi connectivity index (χ4v) is 4.35. The number of aliphatic hydroxyl groups is 1. The third-order valence-electron chi connectivity index (χ3n) is 2.96. The number of hydrogen-bond donors (Lipinski definition) is 2. The second kappa shape index (κ2) is 7.09. The zero-order chi connectivity index (χ0) is 14.9. The van der Waals surface area contributed by atoms with Crippen LogP contribution in [-0.2, 0) is 0 Å². The van der Waals surface area contributed by atoms with Gasteiger partial charge in [0, 0.05) is 21.8 Å². The topological polar surface area (TPSA) is 46.2 Å². The summed E-state index contributed by atoms with van der Waals surface area (Å²) in [7, 11) is 0. The Morgan fingerprint density at radius 1 is 1.20 bits per heavy atom. The first-order chi connectivity index (χ1) is 9.43. The SMILES string of the molecule is NCC(c1ccc(Cl)c(Cl)c1)C(O)c1cc(Br)c(Br)s1. The van der Waals surface area contributed by atoms with Crippen LogP contribution < -0.4 is 5.73 Å². The third kappa shape index (κ3) is 3.58. The summed E-state index contributed by atoms with van der Waals surface area (Å²) >= 11 is 20.3. The van der Waals surface area contributed by atoms with Gasteiger partial charge in [0.2, 0.25) is 0 Å². The van der Waals surface area contributed by atoms with Crippen molar-refractivity contribution in [3.63, 3.8) is 0 Å². The summed E-state index contributed by atoms with van der Waals surface area (Å²) in [4.78, 5) is 0.838. The van der Waals surface area contributed by atoms with Crippen LogP contribution in [0, 0.1) is 0 Å². The molecule has 0 bridgehead atoms. The average molecular weight is 460 g/mol. The van der Waals surface area contributed by atoms with Gasteiger partial charge in [0.15, 0.2) is 0 Å². The predicted octanol–water partition coefficient (Wildman–Crippen LogP) is 5.36. The number of thiophene rings is 1. The molecule has 0 saturated heterocycles. The van der Waals surface area contributed by atoms with Crippen LogP contribution in [0.3, 0.4) is 0 Å². The van der Waals surface area contributed by atoms with E-state index < -0.39 is 6.10 Å². The Morgan fingerprint density at radius 2 is 1.90 bits per heavy atom. The van der Waals surface area contributed by atoms with Crippen molar-refractivity contribution in [2.75, 3.05) is 6.54 Å². The van der Waals surface area contributed by atoms with Crippen molar-refractivity contribution < 1.29 is 5.11 Å². The van der Waals surface area contributed by atoms with E-state index in [0.717, 1.165) is 18.7 Å². The molecule has 0 saturated carbocycles. The van der Waals surface area contributed by atoms with Crippen LogP contribution in [0.4, 0.5) is 0 Å². The number of rotatable bonds is 4. The molecule has 0 aliphatic carbocycles. The fraction of sp³-hybridized carbons (Fsp3) is 0.231. The molecule has 2 nitrogen and oxygen atoms in total. The largest absolute Gasteiger partial charge is 0.387 e. The number of nitrogens with two attached hydrogens (primary N) is 1. The van der Waals surface area contributed by atoms with E-state index in [1.165, 1.54) is 11.3 Å². The monoisotopic (exact) mass is 457 g/mol. The van der Waals surface area contributed by atoms with Gasteiger partial charge in [0.05, 0.1) is 19.9 Å². The summed E-state index contributed by atoms with van der Waals surface area (Å²) < 4.78 is 1.86. The highest BCUT2D eigenvalue weighted by molar-refractivity contribution is 9.13. The fourth-order valence-electron chi connectivity index (χ4n) is 1.90. The molecule has 1 heterocycles. The standard InChI is InChI=1S/C13H11Br2Cl2NOS/c14-8-4-11(20-13(8)15)12(19)7(5-18)6-1-2-9(16)10(17)3-6/h1-4,7,12,19H,5,18H2. The van der Waals surface area contributed by atoms with Gasteiger partial charge >= 0.3 is 0 Å². The lowest BCUT2D eigenvalue weighted by atomic mass is 9.92. The van der Waals surface area contributed by atoms with Crippen LogP contribution in [0.15, 0.2) is 32.5 Å². The summed E-state index contributed by atoms with van der Waals surface area (Å²) in [6.45, 7) is 0.312. The smallest absolute Gasteiger partial charge is 0.0963 e. The molecule has 1 aromatic heterocycles. The van der Waals surface area contributed by atoms with E-state index in [9.17, 15) is 5.11 Å². The van der Waals surface area contributed by atoms with Gasteiger partial charge in [-0.1, -0.05) is 29.3 Å². The number of halogens is 4. The molecule has 0 aliphatic heterocycles. The van der Waals surface area contributed by atoms with Crippen molar-refractivity contribution in [1.29, 1.82) is 0 Å². The van der Waals surface area contributed by atoms with E-state index in [-0.39, 0.29) is 5.92 Å². The lowest BCUT2D eigenvalue weighted by molar-refractivity contribution is 0.151. The summed E-state index contributed by atoms with van der Waals surface area (Å²) in [6, 6.07) is 7.20. The molecule has 2 rings (SSSR count). The minimum Gasteiger partial charge on any atom is -0.387 e. The molecule has 0 amide bonds. The average Bonchev–Trinajstić information content (AvgIpc) is 2.74. The van der Waals surface area contributed by atoms with Gasteiger partial charge in [-0.2, -0.15) is 0 Å². The molecule has 0 radical (unpaired) electrons. The zero-order valence-corrected chi connectivity index (χ0v) is 15.6. The van der Waals surface area contributed by atoms with Crippen molar-refractivity contribution in [2.45, 2.75) is 12.0 Å². The molecule has 7 heteroatoms. The molecular formula is C13H11Br2Cl2NOS. The van der Waals surface area contributed by atoms with E-state index in [0.29, 0.717) is 16.6 Å². The molecule has 108 valence electrons. The van der Waals surface area contributed by atoms with Gasteiger partial charge in [-0.25, -0.2) is 0 Å². The molecular weight excluding hydrogens is 449 g/mol. The van der Waals surface area contributed by atoms with E-state index in [4.69, 9.17) is 28.9 Å². The molecule has 3 N–H and O–H groups in total. The Labute approximate surface area is 148 Å². The molecule has 1 aromatic carbocycles. The predicted molar refractivity (Wildman–Crippen MR) is 92.9 cm³/mol. The van der Waals surface area contributed by atoms with E-state index in [1.54, 1.807) is 12.1 Å². The minimum atomic E-state index is -0.690. The van der Waals surface area contributed by atoms with E-state index in [1.807, 2.05) is 12.1 Å². The van der Waals surface area contributed by atoms with Crippen LogP contribution in [-0.4, -0.2) is 11.7 Å². The molecule has 20 heavy (non-hydrogen) atoms. The Morgan fingerprint density at radius 3 is 2.40 bits per heavy atom. The van der Waals surface area contributed by atoms with Crippen molar-refractivity contribution in [3.05, 3.63) is 53.0 Å². The normalized spacial score (nSPS) is 14.3. The second-order valence-electron chi connectivity index (χ2n) is 4.23. The molecule has 2 aromatic rings. The van der Waals surface area contributed by atoms with Crippen LogP contribution in [0.1, 0.15) is 22.5 Å². The van der Waals surface area contributed by atoms with Gasteiger partial charge in [0.1, 0.15) is 0 Å². The zero-order valence-electron chi connectivity index (χ0n) is 10.1. The first-order valence-corrected chi connectivity index (χ1v) is 8.87. The van der Waals surface area contributed by atoms with Crippen LogP contribution in [0.5, 0.6) is 0 Å². The summed E-state index contributed by atoms with van der Waals surface area (Å²) in [5.41, 5.74) is 6.69. The lowest BCUT2D eigenvalue weighted by Gasteiger charge is -2.21. The molecule has 2 unspecified atom stereocenters. The summed E-state index contributed by atoms with van der Waals surface area (Å²) in [5.74, 6) is -0.234. The number of hydrogen-bond acceptors (Lipinski definition) is 3. The van der Waals surface area contributed by atoms with Crippen LogP contribution in [0.2, 0.25) is 10.0 Å². The third-order valence-corrected chi connectivity index (χ3v) is 7.03. The van der Waals surface area contributed by atoms with Gasteiger partial charge < -0.3 is 10.8 Å². The van der Waals surface area contributed by atoms with E-state index >= 15 is 0 Å². The first-order valence-electron chi connectivity index (χ1n) is 5.71. The lowest BCUT2D eigenvalue weighted by Crippen LogP contribution is -2.19. The van der Waals surface area contributed by atoms with Gasteiger partial charge in [0.25, 0.3) is 0 Å². The Hall–Kier alpha value is 0.380. The van der Waals surface area contributed by atoms with Crippen molar-refractivity contribution in [3.8, 4) is 0 Å². The van der Waals surface area contributed by atoms with Crippen LogP contribution >= 0.6 is 66.4 Å². The maximum Gasteiger partial charge on any atom is 0.0963 e. The Balaban J connectivity index is 2.33. The number of aliphatic hydroxyl groups excluding tert-OH is 1. The van der Waals surface area contributed by atoms with Crippen molar-refractivity contribution in [2.24, 2.45) is 5.73 Å². The van der Waals surface area contributed by atoms with E-state index in [2.05, 4.69) is 31.9 Å². The Bertz CT molecular complexity index is 601. The summed E-state index contributed by atoms with van der Waals surface area (Å²) in [6.07, 6.45) is -0.690. The highest BCUT2D eigenvalue weighted by Crippen LogP contribution is 2.40.